The molecule has 2 aromatic carbocycles. The second-order valence-electron chi connectivity index (χ2n) is 17.1. The van der Waals surface area contributed by atoms with Crippen LogP contribution in [-0.4, -0.2) is 129 Å². The fraction of sp³-hybridized carbons (Fsp3) is 0.489. The third-order valence-electron chi connectivity index (χ3n) is 11.6. The van der Waals surface area contributed by atoms with Crippen LogP contribution in [0.1, 0.15) is 116 Å². The lowest BCUT2D eigenvalue weighted by atomic mass is 10.0. The molecule has 2 atom stereocenters. The molecule has 4 aromatic rings. The molecule has 3 aliphatic heterocycles. The van der Waals surface area contributed by atoms with Crippen molar-refractivity contribution in [1.82, 2.24) is 44.9 Å². The second kappa shape index (κ2) is 20.4. The van der Waals surface area contributed by atoms with Crippen LogP contribution in [-0.2, 0) is 19.2 Å². The van der Waals surface area contributed by atoms with Crippen molar-refractivity contribution in [2.75, 3.05) is 58.0 Å². The molecule has 6 amide bonds. The van der Waals surface area contributed by atoms with Crippen molar-refractivity contribution in [2.45, 2.75) is 95.9 Å². The Kier molecular flexibility index (Phi) is 14.5. The summed E-state index contributed by atoms with van der Waals surface area (Å²) in [6.45, 7) is 6.12. The standard InChI is InChI=1S/C45H57N11O8/c1-27(2)32-25-47-56-40(32)51-45(64-30-19-22-54(5)23-20-30)52-44(56)50-39(53(3)4)28-12-10-13-29(24-28)48-35(57)16-8-6-7-9-21-46-37(59)26-63-34-15-11-14-31-38(34)43(62)55(42(31)61)33-17-18-36(58)49-41(33)60/h10-15,24-25,27,30,33,39H,6-9,16-23,26H2,1-5H3,(H,46,59)(H,48,57)(H,49,58,60)(H,50,51,52). The number of hydrogen-bond acceptors (Lipinski definition) is 14. The molecule has 0 bridgehead atoms. The van der Waals surface area contributed by atoms with E-state index in [1.54, 1.807) is 4.52 Å². The van der Waals surface area contributed by atoms with E-state index in [-0.39, 0.29) is 60.4 Å². The highest BCUT2D eigenvalue weighted by molar-refractivity contribution is 6.24. The van der Waals surface area contributed by atoms with Crippen LogP contribution in [0.25, 0.3) is 5.65 Å². The van der Waals surface area contributed by atoms with Crippen LogP contribution in [0.5, 0.6) is 11.8 Å². The van der Waals surface area contributed by atoms with Crippen molar-refractivity contribution in [3.8, 4) is 11.8 Å². The summed E-state index contributed by atoms with van der Waals surface area (Å²) in [7, 11) is 6.03. The maximum absolute atomic E-state index is 13.3. The number of amides is 6. The smallest absolute Gasteiger partial charge is 0.322 e. The van der Waals surface area contributed by atoms with E-state index < -0.39 is 35.6 Å². The van der Waals surface area contributed by atoms with Gasteiger partial charge in [-0.1, -0.05) is 44.9 Å². The summed E-state index contributed by atoms with van der Waals surface area (Å²) in [5, 5.41) is 16.2. The van der Waals surface area contributed by atoms with Gasteiger partial charge in [0.15, 0.2) is 12.3 Å². The molecule has 19 nitrogen and oxygen atoms in total. The summed E-state index contributed by atoms with van der Waals surface area (Å²) in [4.78, 5) is 90.7. The van der Waals surface area contributed by atoms with E-state index in [0.29, 0.717) is 49.1 Å². The van der Waals surface area contributed by atoms with Crippen LogP contribution in [0.3, 0.4) is 0 Å². The first-order valence-electron chi connectivity index (χ1n) is 21.9. The summed E-state index contributed by atoms with van der Waals surface area (Å²) in [5.74, 6) is -2.29. The number of likely N-dealkylation sites (tertiary alicyclic amines) is 1. The summed E-state index contributed by atoms with van der Waals surface area (Å²) >= 11 is 0. The monoisotopic (exact) mass is 879 g/mol. The Morgan fingerprint density at radius 1 is 0.938 bits per heavy atom. The zero-order chi connectivity index (χ0) is 45.5. The zero-order valence-electron chi connectivity index (χ0n) is 37.0. The van der Waals surface area contributed by atoms with Crippen molar-refractivity contribution in [2.24, 2.45) is 0 Å². The Hall–Kier alpha value is -6.47. The number of piperidine rings is 2. The van der Waals surface area contributed by atoms with Gasteiger partial charge in [-0.15, -0.1) is 0 Å². The Bertz CT molecular complexity index is 2390. The minimum atomic E-state index is -1.10. The van der Waals surface area contributed by atoms with Gasteiger partial charge in [-0.3, -0.25) is 43.9 Å². The molecule has 0 aliphatic carbocycles. The number of benzene rings is 2. The van der Waals surface area contributed by atoms with Gasteiger partial charge in [0.25, 0.3) is 17.7 Å². The van der Waals surface area contributed by atoms with Crippen LogP contribution in [0, 0.1) is 0 Å². The number of fused-ring (bicyclic) bond motifs is 2. The number of ether oxygens (including phenoxy) is 2. The third-order valence-corrected chi connectivity index (χ3v) is 11.6. The van der Waals surface area contributed by atoms with Gasteiger partial charge >= 0.3 is 6.01 Å². The maximum atomic E-state index is 13.3. The van der Waals surface area contributed by atoms with Gasteiger partial charge in [0.2, 0.25) is 23.7 Å². The molecular formula is C45H57N11O8. The largest absolute Gasteiger partial charge is 0.483 e. The average molecular weight is 880 g/mol. The molecular weight excluding hydrogens is 823 g/mol. The number of imide groups is 2. The molecule has 340 valence electrons. The lowest BCUT2D eigenvalue weighted by molar-refractivity contribution is -0.136. The van der Waals surface area contributed by atoms with Crippen molar-refractivity contribution in [1.29, 1.82) is 0 Å². The summed E-state index contributed by atoms with van der Waals surface area (Å²) in [6, 6.07) is 11.4. The normalized spacial score (nSPS) is 17.5. The fourth-order valence-electron chi connectivity index (χ4n) is 8.11. The van der Waals surface area contributed by atoms with Crippen LogP contribution in [0.4, 0.5) is 11.6 Å². The molecule has 0 radical (unpaired) electrons. The molecule has 19 heteroatoms. The minimum Gasteiger partial charge on any atom is -0.483 e. The first-order valence-corrected chi connectivity index (χ1v) is 21.9. The molecule has 64 heavy (non-hydrogen) atoms. The van der Waals surface area contributed by atoms with Crippen LogP contribution >= 0.6 is 0 Å². The lowest BCUT2D eigenvalue weighted by Crippen LogP contribution is -2.54. The highest BCUT2D eigenvalue weighted by Crippen LogP contribution is 2.34. The minimum absolute atomic E-state index is 0.00882. The molecule has 2 saturated heterocycles. The fourth-order valence-corrected chi connectivity index (χ4v) is 8.11. The van der Waals surface area contributed by atoms with Gasteiger partial charge in [0, 0.05) is 43.7 Å². The number of hydrogen-bond donors (Lipinski definition) is 4. The van der Waals surface area contributed by atoms with E-state index in [4.69, 9.17) is 19.4 Å². The number of rotatable bonds is 19. The zero-order valence-corrected chi connectivity index (χ0v) is 37.0. The Labute approximate surface area is 371 Å². The van der Waals surface area contributed by atoms with Crippen LogP contribution < -0.4 is 30.7 Å². The predicted octanol–water partition coefficient (Wildman–Crippen LogP) is 3.88. The van der Waals surface area contributed by atoms with E-state index in [2.05, 4.69) is 52.2 Å². The van der Waals surface area contributed by atoms with Gasteiger partial charge in [-0.25, -0.2) is 0 Å². The molecule has 3 aliphatic rings. The maximum Gasteiger partial charge on any atom is 0.322 e. The molecule has 0 spiro atoms. The number of carbonyl (C=O) groups excluding carboxylic acids is 6. The number of nitrogens with one attached hydrogen (secondary N) is 4. The van der Waals surface area contributed by atoms with Crippen LogP contribution in [0.15, 0.2) is 48.7 Å². The first-order chi connectivity index (χ1) is 30.8. The van der Waals surface area contributed by atoms with Crippen molar-refractivity contribution >= 4 is 52.7 Å². The Morgan fingerprint density at radius 2 is 1.70 bits per heavy atom. The van der Waals surface area contributed by atoms with Crippen molar-refractivity contribution < 1.29 is 38.2 Å². The van der Waals surface area contributed by atoms with E-state index in [9.17, 15) is 28.8 Å². The van der Waals surface area contributed by atoms with E-state index in [0.717, 1.165) is 54.8 Å². The summed E-state index contributed by atoms with van der Waals surface area (Å²) in [6.07, 6.45) is 6.61. The molecule has 2 fully saturated rings. The van der Waals surface area contributed by atoms with E-state index >= 15 is 0 Å². The van der Waals surface area contributed by atoms with E-state index in [1.807, 2.05) is 49.5 Å². The summed E-state index contributed by atoms with van der Waals surface area (Å²) in [5.41, 5.74) is 3.32. The number of anilines is 2. The Morgan fingerprint density at radius 3 is 2.45 bits per heavy atom. The number of nitrogens with zero attached hydrogens (tertiary/aromatic N) is 7. The molecule has 2 unspecified atom stereocenters. The van der Waals surface area contributed by atoms with Crippen molar-refractivity contribution in [3.05, 3.63) is 70.9 Å². The van der Waals surface area contributed by atoms with Gasteiger partial charge in [-0.05, 0) is 89.0 Å². The van der Waals surface area contributed by atoms with E-state index in [1.165, 1.54) is 18.2 Å². The molecule has 4 N–H and O–H groups in total. The second-order valence-corrected chi connectivity index (χ2v) is 17.1. The number of carbonyl (C=O) groups is 6. The number of unbranched alkanes of at least 4 members (excludes halogenated alkanes) is 3. The highest BCUT2D eigenvalue weighted by atomic mass is 16.5. The first kappa shape index (κ1) is 45.6. The molecule has 7 rings (SSSR count). The lowest BCUT2D eigenvalue weighted by Gasteiger charge is -2.29. The van der Waals surface area contributed by atoms with Gasteiger partial charge < -0.3 is 30.3 Å². The SMILES string of the molecule is CC(C)c1cnn2c(NC(c3cccc(NC(=O)CCCCCCNC(=O)COc4cccc5c4C(=O)N(C4CCC(=O)NC4=O)C5=O)c3)N(C)C)nc(OC3CCN(C)CC3)nc12. The average Bonchev–Trinajstić information content (AvgIpc) is 3.81. The van der Waals surface area contributed by atoms with Gasteiger partial charge in [-0.2, -0.15) is 19.6 Å². The molecule has 5 heterocycles. The number of aromatic nitrogens is 4. The topological polar surface area (TPSA) is 222 Å². The third kappa shape index (κ3) is 10.6. The van der Waals surface area contributed by atoms with Crippen LogP contribution in [0.2, 0.25) is 0 Å². The molecule has 0 saturated carbocycles. The molecule has 2 aromatic heterocycles. The highest BCUT2D eigenvalue weighted by Gasteiger charge is 2.46. The predicted molar refractivity (Wildman–Crippen MR) is 236 cm³/mol. The van der Waals surface area contributed by atoms with Crippen molar-refractivity contribution in [3.63, 3.8) is 0 Å². The van der Waals surface area contributed by atoms with Gasteiger partial charge in [0.05, 0.1) is 17.3 Å². The van der Waals surface area contributed by atoms with Gasteiger partial charge in [0.1, 0.15) is 24.1 Å². The quantitative estimate of drug-likeness (QED) is 0.0597. The Balaban J connectivity index is 0.852. The summed E-state index contributed by atoms with van der Waals surface area (Å²) < 4.78 is 13.7.